The molecule has 0 atom stereocenters. The lowest BCUT2D eigenvalue weighted by atomic mass is 10.1. The summed E-state index contributed by atoms with van der Waals surface area (Å²) in [4.78, 5) is 5.23. The molecule has 1 heterocycles. The maximum atomic E-state index is 13.9. The summed E-state index contributed by atoms with van der Waals surface area (Å²) in [6, 6.07) is 11.4. The molecule has 0 spiro atoms. The van der Waals surface area contributed by atoms with Gasteiger partial charge in [-0.15, -0.1) is 11.8 Å². The molecular weight excluding hydrogens is 290 g/mol. The Morgan fingerprint density at radius 1 is 1.05 bits per heavy atom. The second-order valence-corrected chi connectivity index (χ2v) is 5.35. The molecule has 0 fully saturated rings. The van der Waals surface area contributed by atoms with Crippen LogP contribution in [0.15, 0.2) is 59.9 Å². The van der Waals surface area contributed by atoms with Gasteiger partial charge in [-0.2, -0.15) is 0 Å². The van der Waals surface area contributed by atoms with Gasteiger partial charge in [0.25, 0.3) is 0 Å². The van der Waals surface area contributed by atoms with Crippen LogP contribution in [0.4, 0.5) is 8.78 Å². The standard InChI is InChI=1S/C16H12F2N2S/c1-21-13-5-2-11(3-6-13)16-9-19-10-20(16)15-7-4-12(17)8-14(15)18/h2-10H,1H3. The molecule has 2 aromatic carbocycles. The van der Waals surface area contributed by atoms with Crippen LogP contribution < -0.4 is 0 Å². The summed E-state index contributed by atoms with van der Waals surface area (Å²) in [6.45, 7) is 0. The van der Waals surface area contributed by atoms with Crippen LogP contribution in [0.25, 0.3) is 16.9 Å². The van der Waals surface area contributed by atoms with Gasteiger partial charge in [-0.25, -0.2) is 13.8 Å². The first-order valence-electron chi connectivity index (χ1n) is 6.31. The monoisotopic (exact) mass is 302 g/mol. The van der Waals surface area contributed by atoms with Crippen LogP contribution in [-0.2, 0) is 0 Å². The van der Waals surface area contributed by atoms with Crippen molar-refractivity contribution in [1.29, 1.82) is 0 Å². The highest BCUT2D eigenvalue weighted by molar-refractivity contribution is 7.98. The molecule has 2 nitrogen and oxygen atoms in total. The number of benzene rings is 2. The molecule has 21 heavy (non-hydrogen) atoms. The van der Waals surface area contributed by atoms with Crippen molar-refractivity contribution in [2.45, 2.75) is 4.90 Å². The lowest BCUT2D eigenvalue weighted by Crippen LogP contribution is -1.99. The van der Waals surface area contributed by atoms with Crippen molar-refractivity contribution in [3.63, 3.8) is 0 Å². The molecule has 0 unspecified atom stereocenters. The molecule has 106 valence electrons. The molecule has 0 radical (unpaired) electrons. The highest BCUT2D eigenvalue weighted by atomic mass is 32.2. The molecule has 0 saturated carbocycles. The first-order valence-corrected chi connectivity index (χ1v) is 7.53. The van der Waals surface area contributed by atoms with E-state index in [0.29, 0.717) is 0 Å². The van der Waals surface area contributed by atoms with Crippen molar-refractivity contribution < 1.29 is 8.78 Å². The highest BCUT2D eigenvalue weighted by Crippen LogP contribution is 2.26. The third-order valence-electron chi connectivity index (χ3n) is 3.19. The summed E-state index contributed by atoms with van der Waals surface area (Å²) in [5, 5.41) is 0. The van der Waals surface area contributed by atoms with Gasteiger partial charge in [-0.05, 0) is 30.5 Å². The van der Waals surface area contributed by atoms with Crippen molar-refractivity contribution in [3.05, 3.63) is 66.6 Å². The quantitative estimate of drug-likeness (QED) is 0.661. The molecule has 5 heteroatoms. The van der Waals surface area contributed by atoms with E-state index in [4.69, 9.17) is 0 Å². The minimum Gasteiger partial charge on any atom is -0.296 e. The normalized spacial score (nSPS) is 10.8. The van der Waals surface area contributed by atoms with Crippen LogP contribution in [0.5, 0.6) is 0 Å². The van der Waals surface area contributed by atoms with E-state index in [9.17, 15) is 8.78 Å². The fourth-order valence-electron chi connectivity index (χ4n) is 2.14. The number of imidazole rings is 1. The van der Waals surface area contributed by atoms with Crippen molar-refractivity contribution in [2.24, 2.45) is 0 Å². The Kier molecular flexibility index (Phi) is 3.75. The smallest absolute Gasteiger partial charge is 0.150 e. The van der Waals surface area contributed by atoms with E-state index < -0.39 is 11.6 Å². The fraction of sp³-hybridized carbons (Fsp3) is 0.0625. The lowest BCUT2D eigenvalue weighted by molar-refractivity contribution is 0.578. The number of rotatable bonds is 3. The second kappa shape index (κ2) is 5.69. The molecule has 3 aromatic rings. The molecule has 0 aliphatic heterocycles. The first-order chi connectivity index (χ1) is 10.2. The fourth-order valence-corrected chi connectivity index (χ4v) is 2.55. The van der Waals surface area contributed by atoms with Gasteiger partial charge in [0.15, 0.2) is 0 Å². The van der Waals surface area contributed by atoms with Gasteiger partial charge in [0, 0.05) is 16.5 Å². The van der Waals surface area contributed by atoms with E-state index in [2.05, 4.69) is 4.98 Å². The summed E-state index contributed by atoms with van der Waals surface area (Å²) < 4.78 is 28.6. The Morgan fingerprint density at radius 2 is 1.81 bits per heavy atom. The summed E-state index contributed by atoms with van der Waals surface area (Å²) in [7, 11) is 0. The average molecular weight is 302 g/mol. The zero-order chi connectivity index (χ0) is 14.8. The van der Waals surface area contributed by atoms with Gasteiger partial charge in [0.05, 0.1) is 23.9 Å². The molecule has 0 saturated heterocycles. The Balaban J connectivity index is 2.07. The van der Waals surface area contributed by atoms with Gasteiger partial charge in [0.1, 0.15) is 11.6 Å². The topological polar surface area (TPSA) is 17.8 Å². The third-order valence-corrected chi connectivity index (χ3v) is 3.94. The molecule has 0 N–H and O–H groups in total. The Morgan fingerprint density at radius 3 is 2.48 bits per heavy atom. The predicted octanol–water partition coefficient (Wildman–Crippen LogP) is 4.54. The van der Waals surface area contributed by atoms with Gasteiger partial charge in [-0.3, -0.25) is 4.57 Å². The number of halogens is 2. The zero-order valence-corrected chi connectivity index (χ0v) is 12.1. The molecule has 0 aliphatic carbocycles. The second-order valence-electron chi connectivity index (χ2n) is 4.47. The Hall–Kier alpha value is -2.14. The summed E-state index contributed by atoms with van der Waals surface area (Å²) in [5.41, 5.74) is 1.96. The van der Waals surface area contributed by atoms with E-state index >= 15 is 0 Å². The summed E-state index contributed by atoms with van der Waals surface area (Å²) in [5.74, 6) is -1.21. The van der Waals surface area contributed by atoms with Gasteiger partial charge >= 0.3 is 0 Å². The maximum absolute atomic E-state index is 13.9. The number of thioether (sulfide) groups is 1. The Labute approximate surface area is 125 Å². The molecule has 1 aromatic heterocycles. The van der Waals surface area contributed by atoms with Crippen LogP contribution in [-0.4, -0.2) is 15.8 Å². The van der Waals surface area contributed by atoms with Crippen LogP contribution in [0.3, 0.4) is 0 Å². The van der Waals surface area contributed by atoms with Gasteiger partial charge in [-0.1, -0.05) is 12.1 Å². The third kappa shape index (κ3) is 2.69. The number of nitrogens with zero attached hydrogens (tertiary/aromatic N) is 2. The summed E-state index contributed by atoms with van der Waals surface area (Å²) in [6.07, 6.45) is 5.19. The van der Waals surface area contributed by atoms with E-state index in [1.54, 1.807) is 22.5 Å². The maximum Gasteiger partial charge on any atom is 0.150 e. The van der Waals surface area contributed by atoms with E-state index in [1.165, 1.54) is 18.5 Å². The van der Waals surface area contributed by atoms with Gasteiger partial charge < -0.3 is 0 Å². The largest absolute Gasteiger partial charge is 0.296 e. The number of hydrogen-bond acceptors (Lipinski definition) is 2. The van der Waals surface area contributed by atoms with Crippen LogP contribution >= 0.6 is 11.8 Å². The number of hydrogen-bond donors (Lipinski definition) is 0. The molecule has 3 rings (SSSR count). The molecule has 0 bridgehead atoms. The zero-order valence-electron chi connectivity index (χ0n) is 11.3. The predicted molar refractivity (Wildman–Crippen MR) is 80.7 cm³/mol. The van der Waals surface area contributed by atoms with Crippen molar-refractivity contribution in [3.8, 4) is 16.9 Å². The first kappa shape index (κ1) is 13.8. The van der Waals surface area contributed by atoms with Crippen molar-refractivity contribution in [2.75, 3.05) is 6.26 Å². The minimum atomic E-state index is -0.616. The lowest BCUT2D eigenvalue weighted by Gasteiger charge is -2.10. The SMILES string of the molecule is CSc1ccc(-c2cncn2-c2ccc(F)cc2F)cc1. The van der Waals surface area contributed by atoms with Crippen molar-refractivity contribution >= 4 is 11.8 Å². The average Bonchev–Trinajstić information content (AvgIpc) is 2.96. The number of aromatic nitrogens is 2. The van der Waals surface area contributed by atoms with Crippen LogP contribution in [0.1, 0.15) is 0 Å². The highest BCUT2D eigenvalue weighted by Gasteiger charge is 2.11. The molecule has 0 aliphatic rings. The van der Waals surface area contributed by atoms with Crippen LogP contribution in [0, 0.1) is 11.6 Å². The van der Waals surface area contributed by atoms with Crippen molar-refractivity contribution in [1.82, 2.24) is 9.55 Å². The van der Waals surface area contributed by atoms with E-state index in [1.807, 2.05) is 30.5 Å². The van der Waals surface area contributed by atoms with E-state index in [0.717, 1.165) is 22.2 Å². The Bertz CT molecular complexity index is 766. The molecule has 0 amide bonds. The van der Waals surface area contributed by atoms with E-state index in [-0.39, 0.29) is 5.69 Å². The van der Waals surface area contributed by atoms with Gasteiger partial charge in [0.2, 0.25) is 0 Å². The summed E-state index contributed by atoms with van der Waals surface area (Å²) >= 11 is 1.66. The van der Waals surface area contributed by atoms with Crippen LogP contribution in [0.2, 0.25) is 0 Å². The minimum absolute atomic E-state index is 0.276. The molecular formula is C16H12F2N2S.